The van der Waals surface area contributed by atoms with Gasteiger partial charge >= 0.3 is 12.1 Å². The Morgan fingerprint density at radius 3 is 2.57 bits per heavy atom. The summed E-state index contributed by atoms with van der Waals surface area (Å²) in [6, 6.07) is 0. The lowest BCUT2D eigenvalue weighted by Gasteiger charge is -2.18. The van der Waals surface area contributed by atoms with Crippen molar-refractivity contribution in [1.29, 1.82) is 0 Å². The van der Waals surface area contributed by atoms with Crippen molar-refractivity contribution in [2.24, 2.45) is 0 Å². The second kappa shape index (κ2) is 5.69. The van der Waals surface area contributed by atoms with Gasteiger partial charge in [0.25, 0.3) is 0 Å². The molecule has 0 bridgehead atoms. The van der Waals surface area contributed by atoms with Crippen molar-refractivity contribution in [3.8, 4) is 11.3 Å². The minimum absolute atomic E-state index is 0.0296. The van der Waals surface area contributed by atoms with E-state index in [2.05, 4.69) is 14.8 Å². The van der Waals surface area contributed by atoms with E-state index in [1.807, 2.05) is 0 Å². The molecule has 2 aromatic rings. The van der Waals surface area contributed by atoms with Crippen molar-refractivity contribution in [3.05, 3.63) is 23.7 Å². The van der Waals surface area contributed by atoms with Gasteiger partial charge < -0.3 is 14.7 Å². The van der Waals surface area contributed by atoms with E-state index in [1.54, 1.807) is 0 Å². The molecule has 2 rings (SSSR count). The minimum atomic E-state index is -4.78. The van der Waals surface area contributed by atoms with E-state index < -0.39 is 40.3 Å². The molecule has 10 heteroatoms. The van der Waals surface area contributed by atoms with Crippen LogP contribution >= 0.6 is 0 Å². The smallest absolute Gasteiger partial charge is 0.433 e. The lowest BCUT2D eigenvalue weighted by Crippen LogP contribution is -2.24. The maximum absolute atomic E-state index is 13.4. The molecule has 126 valence electrons. The van der Waals surface area contributed by atoms with Gasteiger partial charge in [-0.05, 0) is 20.3 Å². The predicted octanol–water partition coefficient (Wildman–Crippen LogP) is 2.42. The third kappa shape index (κ3) is 3.70. The van der Waals surface area contributed by atoms with Gasteiger partial charge in [0.1, 0.15) is 17.5 Å². The fourth-order valence-corrected chi connectivity index (χ4v) is 1.99. The standard InChI is InChI=1S/C13H14F3N3O4/c1-12(2,22)3-4-19-10(13(14,15)16)7(5-17-19)9-8(11(20)21)6-23-18-9/h5-6,22H,3-4H2,1-2H3,(H,20,21). The van der Waals surface area contributed by atoms with Gasteiger partial charge in [-0.1, -0.05) is 5.16 Å². The van der Waals surface area contributed by atoms with Gasteiger partial charge in [-0.15, -0.1) is 0 Å². The van der Waals surface area contributed by atoms with E-state index >= 15 is 0 Å². The van der Waals surface area contributed by atoms with Gasteiger partial charge in [-0.2, -0.15) is 18.3 Å². The molecule has 7 nitrogen and oxygen atoms in total. The molecule has 2 N–H and O–H groups in total. The predicted molar refractivity (Wildman–Crippen MR) is 70.6 cm³/mol. The van der Waals surface area contributed by atoms with Crippen molar-refractivity contribution in [1.82, 2.24) is 14.9 Å². The van der Waals surface area contributed by atoms with Gasteiger partial charge in [-0.25, -0.2) is 4.79 Å². The molecule has 23 heavy (non-hydrogen) atoms. The molecule has 0 atom stereocenters. The zero-order valence-corrected chi connectivity index (χ0v) is 12.3. The molecule has 0 amide bonds. The first-order valence-corrected chi connectivity index (χ1v) is 6.54. The summed E-state index contributed by atoms with van der Waals surface area (Å²) in [4.78, 5) is 11.0. The minimum Gasteiger partial charge on any atom is -0.477 e. The Bertz CT molecular complexity index is 713. The third-order valence-corrected chi connectivity index (χ3v) is 3.10. The number of aromatic nitrogens is 3. The van der Waals surface area contributed by atoms with Crippen molar-refractivity contribution in [3.63, 3.8) is 0 Å². The van der Waals surface area contributed by atoms with E-state index in [-0.39, 0.29) is 13.0 Å². The normalized spacial score (nSPS) is 12.6. The number of hydrogen-bond donors (Lipinski definition) is 2. The molecule has 0 saturated carbocycles. The Morgan fingerprint density at radius 1 is 1.39 bits per heavy atom. The summed E-state index contributed by atoms with van der Waals surface area (Å²) in [6.07, 6.45) is -3.11. The molecule has 0 aliphatic heterocycles. The molecule has 0 aliphatic carbocycles. The van der Waals surface area contributed by atoms with Crippen molar-refractivity contribution in [2.45, 2.75) is 38.6 Å². The molecule has 0 spiro atoms. The number of aliphatic hydroxyl groups is 1. The summed E-state index contributed by atoms with van der Waals surface area (Å²) >= 11 is 0. The van der Waals surface area contributed by atoms with Crippen LogP contribution in [0.1, 0.15) is 36.3 Å². The Balaban J connectivity index is 2.51. The second-order valence-electron chi connectivity index (χ2n) is 5.57. The highest BCUT2D eigenvalue weighted by Gasteiger charge is 2.40. The van der Waals surface area contributed by atoms with Crippen LogP contribution in [0.2, 0.25) is 0 Å². The fraction of sp³-hybridized carbons (Fsp3) is 0.462. The second-order valence-corrected chi connectivity index (χ2v) is 5.57. The number of halogens is 3. The fourth-order valence-electron chi connectivity index (χ4n) is 1.99. The van der Waals surface area contributed by atoms with Crippen LogP contribution < -0.4 is 0 Å². The van der Waals surface area contributed by atoms with Crippen molar-refractivity contribution in [2.75, 3.05) is 0 Å². The number of hydrogen-bond acceptors (Lipinski definition) is 5. The number of nitrogens with zero attached hydrogens (tertiary/aromatic N) is 3. The first-order valence-electron chi connectivity index (χ1n) is 6.54. The first kappa shape index (κ1) is 17.0. The molecule has 2 aromatic heterocycles. The van der Waals surface area contributed by atoms with Crippen molar-refractivity contribution < 1.29 is 32.7 Å². The summed E-state index contributed by atoms with van der Waals surface area (Å²) < 4.78 is 45.2. The van der Waals surface area contributed by atoms with E-state index in [0.717, 1.165) is 12.5 Å². The number of aromatic carboxylic acids is 1. The number of carbonyl (C=O) groups is 1. The number of alkyl halides is 3. The highest BCUT2D eigenvalue weighted by atomic mass is 19.4. The van der Waals surface area contributed by atoms with Crippen LogP contribution in [0, 0.1) is 0 Å². The van der Waals surface area contributed by atoms with Gasteiger partial charge in [-0.3, -0.25) is 4.68 Å². The Morgan fingerprint density at radius 2 is 2.04 bits per heavy atom. The van der Waals surface area contributed by atoms with Crippen LogP contribution in [0.5, 0.6) is 0 Å². The summed E-state index contributed by atoms with van der Waals surface area (Å²) in [5, 5.41) is 25.6. The lowest BCUT2D eigenvalue weighted by molar-refractivity contribution is -0.144. The van der Waals surface area contributed by atoms with Crippen LogP contribution in [0.3, 0.4) is 0 Å². The summed E-state index contributed by atoms with van der Waals surface area (Å²) in [6.45, 7) is 2.73. The number of rotatable bonds is 5. The van der Waals surface area contributed by atoms with E-state index in [4.69, 9.17) is 5.11 Å². The average Bonchev–Trinajstić information content (AvgIpc) is 3.00. The first-order chi connectivity index (χ1) is 10.5. The molecular weight excluding hydrogens is 319 g/mol. The maximum Gasteiger partial charge on any atom is 0.433 e. The van der Waals surface area contributed by atoms with Gasteiger partial charge in [0.05, 0.1) is 17.4 Å². The van der Waals surface area contributed by atoms with Gasteiger partial charge in [0.2, 0.25) is 0 Å². The van der Waals surface area contributed by atoms with Crippen LogP contribution in [-0.4, -0.2) is 36.7 Å². The molecule has 0 aliphatic rings. The lowest BCUT2D eigenvalue weighted by atomic mass is 10.1. The number of carboxylic acids is 1. The molecule has 0 unspecified atom stereocenters. The summed E-state index contributed by atoms with van der Waals surface area (Å²) in [5.74, 6) is -1.46. The third-order valence-electron chi connectivity index (χ3n) is 3.10. The van der Waals surface area contributed by atoms with Crippen LogP contribution in [0.15, 0.2) is 17.0 Å². The molecule has 0 fully saturated rings. The summed E-state index contributed by atoms with van der Waals surface area (Å²) in [7, 11) is 0. The van der Waals surface area contributed by atoms with E-state index in [0.29, 0.717) is 4.68 Å². The average molecular weight is 333 g/mol. The van der Waals surface area contributed by atoms with Crippen LogP contribution in [0.25, 0.3) is 11.3 Å². The molecule has 0 saturated heterocycles. The highest BCUT2D eigenvalue weighted by molar-refractivity contribution is 5.94. The Kier molecular flexibility index (Phi) is 4.20. The van der Waals surface area contributed by atoms with E-state index in [9.17, 15) is 23.1 Å². The Labute approximate surface area is 128 Å². The van der Waals surface area contributed by atoms with Gasteiger partial charge in [0, 0.05) is 6.54 Å². The molecule has 2 heterocycles. The van der Waals surface area contributed by atoms with Gasteiger partial charge in [0.15, 0.2) is 5.69 Å². The zero-order valence-electron chi connectivity index (χ0n) is 12.3. The van der Waals surface area contributed by atoms with E-state index in [1.165, 1.54) is 13.8 Å². The number of carboxylic acid groups (broad SMARTS) is 1. The SMILES string of the molecule is CC(C)(O)CCn1ncc(-c2nocc2C(=O)O)c1C(F)(F)F. The maximum atomic E-state index is 13.4. The molecule has 0 aromatic carbocycles. The zero-order chi connectivity index (χ0) is 17.4. The Hall–Kier alpha value is -2.36. The van der Waals surface area contributed by atoms with Crippen LogP contribution in [-0.2, 0) is 12.7 Å². The molecular formula is C13H14F3N3O4. The quantitative estimate of drug-likeness (QED) is 0.871. The highest BCUT2D eigenvalue weighted by Crippen LogP contribution is 2.38. The summed E-state index contributed by atoms with van der Waals surface area (Å²) in [5.41, 5.74) is -3.73. The van der Waals surface area contributed by atoms with Crippen LogP contribution in [0.4, 0.5) is 13.2 Å². The number of aryl methyl sites for hydroxylation is 1. The van der Waals surface area contributed by atoms with Crippen molar-refractivity contribution >= 4 is 5.97 Å². The molecule has 0 radical (unpaired) electrons. The monoisotopic (exact) mass is 333 g/mol. The largest absolute Gasteiger partial charge is 0.477 e. The topological polar surface area (TPSA) is 101 Å².